The molecule has 0 spiro atoms. The van der Waals surface area contributed by atoms with Gasteiger partial charge in [0.15, 0.2) is 11.9 Å². The highest BCUT2D eigenvalue weighted by Gasteiger charge is 2.32. The number of piperidine rings is 1. The first-order chi connectivity index (χ1) is 11.5. The molecule has 1 saturated heterocycles. The molecule has 0 radical (unpaired) electrons. The van der Waals surface area contributed by atoms with Crippen LogP contribution in [0.3, 0.4) is 0 Å². The molecule has 7 heteroatoms. The zero-order valence-corrected chi connectivity index (χ0v) is 15.8. The summed E-state index contributed by atoms with van der Waals surface area (Å²) in [5.74, 6) is 2.61. The lowest BCUT2D eigenvalue weighted by Gasteiger charge is -2.29. The molecule has 1 unspecified atom stereocenters. The Hall–Kier alpha value is -1.47. The van der Waals surface area contributed by atoms with E-state index in [-0.39, 0.29) is 12.0 Å². The van der Waals surface area contributed by atoms with Crippen molar-refractivity contribution in [2.75, 3.05) is 13.1 Å². The summed E-state index contributed by atoms with van der Waals surface area (Å²) in [4.78, 5) is 8.99. The minimum Gasteiger partial charge on any atom is -0.478 e. The van der Waals surface area contributed by atoms with Gasteiger partial charge in [-0.15, -0.1) is 0 Å². The van der Waals surface area contributed by atoms with Gasteiger partial charge >= 0.3 is 0 Å². The number of halogens is 1. The van der Waals surface area contributed by atoms with Crippen LogP contribution in [0, 0.1) is 12.8 Å². The maximum Gasteiger partial charge on any atom is 0.268 e. The lowest BCUT2D eigenvalue weighted by atomic mass is 9.92. The Morgan fingerprint density at radius 2 is 2.00 bits per heavy atom. The van der Waals surface area contributed by atoms with Gasteiger partial charge in [-0.3, -0.25) is 0 Å². The lowest BCUT2D eigenvalue weighted by Crippen LogP contribution is -2.33. The number of nitrogens with one attached hydrogen (secondary N) is 1. The fourth-order valence-electron chi connectivity index (χ4n) is 2.87. The molecule has 1 fully saturated rings. The number of nitrogens with zero attached hydrogens (tertiary/aromatic N) is 3. The van der Waals surface area contributed by atoms with Gasteiger partial charge in [0.1, 0.15) is 10.4 Å². The van der Waals surface area contributed by atoms with E-state index in [9.17, 15) is 0 Å². The summed E-state index contributed by atoms with van der Waals surface area (Å²) in [5.41, 5.74) is 0.840. The third-order valence-corrected chi connectivity index (χ3v) is 4.73. The van der Waals surface area contributed by atoms with E-state index in [1.807, 2.05) is 19.1 Å². The third kappa shape index (κ3) is 3.95. The van der Waals surface area contributed by atoms with Crippen LogP contribution in [0.15, 0.2) is 21.3 Å². The van der Waals surface area contributed by atoms with E-state index in [2.05, 4.69) is 50.2 Å². The highest BCUT2D eigenvalue weighted by atomic mass is 79.9. The summed E-state index contributed by atoms with van der Waals surface area (Å²) < 4.78 is 12.6. The maximum absolute atomic E-state index is 6.31. The summed E-state index contributed by atoms with van der Waals surface area (Å²) >= 11 is 3.39. The van der Waals surface area contributed by atoms with Crippen molar-refractivity contribution in [2.24, 2.45) is 5.92 Å². The molecule has 1 atom stereocenters. The van der Waals surface area contributed by atoms with Gasteiger partial charge in [-0.05, 0) is 60.9 Å². The summed E-state index contributed by atoms with van der Waals surface area (Å²) in [6, 6.07) is 3.81. The van der Waals surface area contributed by atoms with Crippen LogP contribution in [0.25, 0.3) is 0 Å². The summed E-state index contributed by atoms with van der Waals surface area (Å²) in [6.45, 7) is 8.00. The van der Waals surface area contributed by atoms with Crippen LogP contribution in [-0.4, -0.2) is 28.2 Å². The topological polar surface area (TPSA) is 73.1 Å². The third-order valence-electron chi connectivity index (χ3n) is 4.29. The molecule has 130 valence electrons. The number of pyridine rings is 1. The van der Waals surface area contributed by atoms with Gasteiger partial charge in [0, 0.05) is 11.8 Å². The number of aryl methyl sites for hydroxylation is 1. The first-order valence-corrected chi connectivity index (χ1v) is 9.18. The molecular weight excluding hydrogens is 372 g/mol. The molecule has 0 aromatic carbocycles. The normalized spacial score (nSPS) is 17.2. The largest absolute Gasteiger partial charge is 0.478 e. The van der Waals surface area contributed by atoms with Gasteiger partial charge in [0.2, 0.25) is 0 Å². The lowest BCUT2D eigenvalue weighted by molar-refractivity contribution is 0.0796. The zero-order valence-electron chi connectivity index (χ0n) is 14.3. The van der Waals surface area contributed by atoms with Crippen molar-refractivity contribution < 1.29 is 9.26 Å². The molecule has 1 aliphatic rings. The molecule has 0 amide bonds. The molecule has 1 N–H and O–H groups in total. The number of aromatic nitrogens is 3. The molecule has 1 aliphatic heterocycles. The van der Waals surface area contributed by atoms with Crippen molar-refractivity contribution in [1.29, 1.82) is 0 Å². The zero-order chi connectivity index (χ0) is 17.1. The molecule has 3 heterocycles. The van der Waals surface area contributed by atoms with Gasteiger partial charge in [-0.2, -0.15) is 4.98 Å². The highest BCUT2D eigenvalue weighted by molar-refractivity contribution is 9.10. The van der Waals surface area contributed by atoms with E-state index < -0.39 is 0 Å². The van der Waals surface area contributed by atoms with E-state index in [4.69, 9.17) is 9.26 Å². The van der Waals surface area contributed by atoms with E-state index >= 15 is 0 Å². The molecule has 0 saturated carbocycles. The van der Waals surface area contributed by atoms with Crippen molar-refractivity contribution in [3.63, 3.8) is 0 Å². The number of rotatable bonds is 5. The predicted octanol–water partition coefficient (Wildman–Crippen LogP) is 3.78. The van der Waals surface area contributed by atoms with Gasteiger partial charge < -0.3 is 14.6 Å². The van der Waals surface area contributed by atoms with Crippen LogP contribution in [0.2, 0.25) is 0 Å². The molecule has 2 aromatic rings. The summed E-state index contributed by atoms with van der Waals surface area (Å²) in [6.07, 6.45) is 1.80. The second kappa shape index (κ2) is 7.61. The van der Waals surface area contributed by atoms with Crippen molar-refractivity contribution in [3.05, 3.63) is 34.1 Å². The number of hydrogen-bond acceptors (Lipinski definition) is 6. The fourth-order valence-corrected chi connectivity index (χ4v) is 3.27. The van der Waals surface area contributed by atoms with Crippen molar-refractivity contribution >= 4 is 15.9 Å². The molecule has 3 rings (SSSR count). The first kappa shape index (κ1) is 17.4. The van der Waals surface area contributed by atoms with E-state index in [0.29, 0.717) is 11.8 Å². The van der Waals surface area contributed by atoms with E-state index in [0.717, 1.165) is 47.8 Å². The average molecular weight is 395 g/mol. The van der Waals surface area contributed by atoms with Crippen molar-refractivity contribution in [2.45, 2.75) is 45.6 Å². The van der Waals surface area contributed by atoms with Crippen molar-refractivity contribution in [1.82, 2.24) is 20.4 Å². The highest BCUT2D eigenvalue weighted by Crippen LogP contribution is 2.34. The van der Waals surface area contributed by atoms with Gasteiger partial charge in [-0.25, -0.2) is 4.98 Å². The van der Waals surface area contributed by atoms with Crippen LogP contribution in [-0.2, 0) is 0 Å². The minimum atomic E-state index is -0.242. The Morgan fingerprint density at radius 1 is 1.25 bits per heavy atom. The average Bonchev–Trinajstić information content (AvgIpc) is 3.05. The summed E-state index contributed by atoms with van der Waals surface area (Å²) in [7, 11) is 0. The first-order valence-electron chi connectivity index (χ1n) is 8.38. The monoisotopic (exact) mass is 394 g/mol. The van der Waals surface area contributed by atoms with Crippen LogP contribution in [0.4, 0.5) is 0 Å². The number of ether oxygens (including phenoxy) is 1. The molecule has 0 aliphatic carbocycles. The number of hydrogen-bond donors (Lipinski definition) is 1. The molecule has 0 bridgehead atoms. The second-order valence-corrected chi connectivity index (χ2v) is 7.30. The Labute approximate surface area is 150 Å². The summed E-state index contributed by atoms with van der Waals surface area (Å²) in [5, 5.41) is 7.49. The fraction of sp³-hybridized carbons (Fsp3) is 0.588. The smallest absolute Gasteiger partial charge is 0.268 e. The van der Waals surface area contributed by atoms with Crippen LogP contribution < -0.4 is 10.1 Å². The standard InChI is InChI=1S/C17H23BrN4O2/c1-10(2)16-21-17(24-22-16)15(12-6-8-19-9-7-12)23-13-4-5-14(18)20-11(13)3/h4-5,10,12,15,19H,6-9H2,1-3H3. The van der Waals surface area contributed by atoms with E-state index in [1.54, 1.807) is 0 Å². The quantitative estimate of drug-likeness (QED) is 0.777. The SMILES string of the molecule is Cc1nc(Br)ccc1OC(c1nc(C(C)C)no1)C1CCNCC1. The minimum absolute atomic E-state index is 0.229. The Morgan fingerprint density at radius 3 is 2.62 bits per heavy atom. The van der Waals surface area contributed by atoms with Crippen molar-refractivity contribution in [3.8, 4) is 5.75 Å². The van der Waals surface area contributed by atoms with E-state index in [1.165, 1.54) is 0 Å². The Bertz CT molecular complexity index is 683. The Kier molecular flexibility index (Phi) is 5.50. The van der Waals surface area contributed by atoms with Crippen LogP contribution in [0.5, 0.6) is 5.75 Å². The Balaban J connectivity index is 1.88. The molecule has 6 nitrogen and oxygen atoms in total. The van der Waals surface area contributed by atoms with Gasteiger partial charge in [0.05, 0.1) is 5.69 Å². The van der Waals surface area contributed by atoms with Crippen LogP contribution in [0.1, 0.15) is 56.1 Å². The van der Waals surface area contributed by atoms with Gasteiger partial charge in [0.25, 0.3) is 5.89 Å². The molecule has 24 heavy (non-hydrogen) atoms. The maximum atomic E-state index is 6.31. The molecule has 2 aromatic heterocycles. The van der Waals surface area contributed by atoms with Gasteiger partial charge in [-0.1, -0.05) is 19.0 Å². The molecular formula is C17H23BrN4O2. The second-order valence-electron chi connectivity index (χ2n) is 6.49. The van der Waals surface area contributed by atoms with Crippen LogP contribution >= 0.6 is 15.9 Å². The predicted molar refractivity (Wildman–Crippen MR) is 94.0 cm³/mol.